The minimum Gasteiger partial charge on any atom is -0.481 e. The Morgan fingerprint density at radius 1 is 1.25 bits per heavy atom. The molecule has 1 amide bonds. The molecule has 6 nitrogen and oxygen atoms in total. The third-order valence-electron chi connectivity index (χ3n) is 3.82. The van der Waals surface area contributed by atoms with E-state index in [1.807, 2.05) is 0 Å². The number of amides is 1. The van der Waals surface area contributed by atoms with Crippen molar-refractivity contribution in [1.82, 2.24) is 5.32 Å². The molecule has 0 bridgehead atoms. The quantitative estimate of drug-likeness (QED) is 0.737. The molecule has 2 unspecified atom stereocenters. The zero-order valence-electron chi connectivity index (χ0n) is 12.8. The minimum absolute atomic E-state index is 0.326. The summed E-state index contributed by atoms with van der Waals surface area (Å²) in [6.07, 6.45) is 0.817. The maximum Gasteiger partial charge on any atom is 0.407 e. The Morgan fingerprint density at radius 3 is 2.20 bits per heavy atom. The molecular formula is C14H25NO5. The monoisotopic (exact) mass is 287 g/mol. The van der Waals surface area contributed by atoms with Crippen LogP contribution < -0.4 is 5.32 Å². The van der Waals surface area contributed by atoms with Gasteiger partial charge < -0.3 is 20.3 Å². The van der Waals surface area contributed by atoms with E-state index in [1.165, 1.54) is 13.8 Å². The SMILES string of the molecule is CC(C)(C)OC(=O)NC1CCCC1(C(=O)O)C(C)(C)O. The van der Waals surface area contributed by atoms with Crippen LogP contribution in [0.25, 0.3) is 0 Å². The predicted octanol–water partition coefficient (Wildman–Crippen LogP) is 1.91. The molecule has 1 rings (SSSR count). The Hall–Kier alpha value is -1.30. The van der Waals surface area contributed by atoms with Crippen molar-refractivity contribution in [3.8, 4) is 0 Å². The molecule has 0 aliphatic heterocycles. The highest BCUT2D eigenvalue weighted by Crippen LogP contribution is 2.47. The molecule has 0 spiro atoms. The van der Waals surface area contributed by atoms with Gasteiger partial charge in [0.05, 0.1) is 11.6 Å². The van der Waals surface area contributed by atoms with Crippen molar-refractivity contribution in [2.75, 3.05) is 0 Å². The molecule has 0 saturated heterocycles. The van der Waals surface area contributed by atoms with E-state index in [1.54, 1.807) is 20.8 Å². The van der Waals surface area contributed by atoms with Crippen LogP contribution in [0.4, 0.5) is 4.79 Å². The first-order chi connectivity index (χ1) is 8.90. The summed E-state index contributed by atoms with van der Waals surface area (Å²) in [4.78, 5) is 23.5. The van der Waals surface area contributed by atoms with Crippen LogP contribution in [0.5, 0.6) is 0 Å². The first kappa shape index (κ1) is 16.8. The van der Waals surface area contributed by atoms with Gasteiger partial charge in [-0.25, -0.2) is 4.79 Å². The van der Waals surface area contributed by atoms with E-state index in [0.29, 0.717) is 19.3 Å². The van der Waals surface area contributed by atoms with Crippen molar-refractivity contribution in [1.29, 1.82) is 0 Å². The van der Waals surface area contributed by atoms with Crippen molar-refractivity contribution in [3.05, 3.63) is 0 Å². The van der Waals surface area contributed by atoms with Crippen molar-refractivity contribution in [3.63, 3.8) is 0 Å². The van der Waals surface area contributed by atoms with Crippen molar-refractivity contribution in [2.45, 2.75) is 71.1 Å². The zero-order valence-corrected chi connectivity index (χ0v) is 12.8. The van der Waals surface area contributed by atoms with E-state index in [9.17, 15) is 19.8 Å². The highest BCUT2D eigenvalue weighted by molar-refractivity contribution is 5.79. The number of carboxylic acids is 1. The summed E-state index contributed by atoms with van der Waals surface area (Å²) in [7, 11) is 0. The Kier molecular flexibility index (Phi) is 4.39. The highest BCUT2D eigenvalue weighted by Gasteiger charge is 2.59. The third-order valence-corrected chi connectivity index (χ3v) is 3.82. The molecule has 0 aromatic carbocycles. The zero-order chi connectivity index (χ0) is 15.8. The molecule has 0 aromatic rings. The highest BCUT2D eigenvalue weighted by atomic mass is 16.6. The molecule has 3 N–H and O–H groups in total. The average molecular weight is 287 g/mol. The lowest BCUT2D eigenvalue weighted by molar-refractivity contribution is -0.167. The molecule has 1 fully saturated rings. The molecule has 1 saturated carbocycles. The lowest BCUT2D eigenvalue weighted by Crippen LogP contribution is -2.59. The number of ether oxygens (including phenoxy) is 1. The Labute approximate surface area is 119 Å². The summed E-state index contributed by atoms with van der Waals surface area (Å²) in [5.74, 6) is -1.09. The predicted molar refractivity (Wildman–Crippen MR) is 73.4 cm³/mol. The van der Waals surface area contributed by atoms with Crippen LogP contribution in [0.3, 0.4) is 0 Å². The van der Waals surface area contributed by atoms with Gasteiger partial charge in [-0.2, -0.15) is 0 Å². The molecule has 0 heterocycles. The van der Waals surface area contributed by atoms with Crippen LogP contribution in [-0.2, 0) is 9.53 Å². The summed E-state index contributed by atoms with van der Waals surface area (Å²) in [6.45, 7) is 8.15. The lowest BCUT2D eigenvalue weighted by atomic mass is 9.69. The summed E-state index contributed by atoms with van der Waals surface area (Å²) in [5, 5.41) is 22.5. The second-order valence-corrected chi connectivity index (χ2v) is 6.93. The van der Waals surface area contributed by atoms with E-state index in [4.69, 9.17) is 4.74 Å². The molecule has 6 heteroatoms. The number of alkyl carbamates (subject to hydrolysis) is 1. The van der Waals surface area contributed by atoms with Gasteiger partial charge in [-0.3, -0.25) is 4.79 Å². The van der Waals surface area contributed by atoms with Gasteiger partial charge in [0.2, 0.25) is 0 Å². The van der Waals surface area contributed by atoms with Crippen LogP contribution in [0, 0.1) is 5.41 Å². The van der Waals surface area contributed by atoms with Crippen LogP contribution in [-0.4, -0.2) is 39.5 Å². The average Bonchev–Trinajstić information content (AvgIpc) is 2.57. The van der Waals surface area contributed by atoms with Gasteiger partial charge in [-0.1, -0.05) is 6.42 Å². The van der Waals surface area contributed by atoms with Gasteiger partial charge in [0.25, 0.3) is 0 Å². The summed E-state index contributed by atoms with van der Waals surface area (Å²) >= 11 is 0. The summed E-state index contributed by atoms with van der Waals surface area (Å²) < 4.78 is 5.16. The normalized spacial score (nSPS) is 27.2. The van der Waals surface area contributed by atoms with Crippen LogP contribution in [0.2, 0.25) is 0 Å². The van der Waals surface area contributed by atoms with E-state index >= 15 is 0 Å². The van der Waals surface area contributed by atoms with E-state index in [0.717, 1.165) is 0 Å². The maximum absolute atomic E-state index is 11.8. The molecule has 116 valence electrons. The van der Waals surface area contributed by atoms with E-state index < -0.39 is 34.7 Å². The van der Waals surface area contributed by atoms with E-state index in [-0.39, 0.29) is 0 Å². The fraction of sp³-hybridized carbons (Fsp3) is 0.857. The van der Waals surface area contributed by atoms with Gasteiger partial charge in [0.15, 0.2) is 0 Å². The van der Waals surface area contributed by atoms with Gasteiger partial charge >= 0.3 is 12.1 Å². The molecule has 2 atom stereocenters. The van der Waals surface area contributed by atoms with Gasteiger partial charge in [0, 0.05) is 0 Å². The number of rotatable bonds is 3. The number of carbonyl (C=O) groups is 2. The number of hydrogen-bond donors (Lipinski definition) is 3. The Morgan fingerprint density at radius 2 is 1.80 bits per heavy atom. The summed E-state index contributed by atoms with van der Waals surface area (Å²) in [6, 6.07) is -0.644. The summed E-state index contributed by atoms with van der Waals surface area (Å²) in [5.41, 5.74) is -3.47. The Balaban J connectivity index is 2.93. The molecule has 1 aliphatic rings. The topological polar surface area (TPSA) is 95.9 Å². The number of aliphatic carboxylic acids is 1. The van der Waals surface area contributed by atoms with Gasteiger partial charge in [0.1, 0.15) is 11.0 Å². The Bertz CT molecular complexity index is 393. The minimum atomic E-state index is -1.44. The molecular weight excluding hydrogens is 262 g/mol. The molecule has 0 aromatic heterocycles. The van der Waals surface area contributed by atoms with Crippen molar-refractivity contribution < 1.29 is 24.5 Å². The number of nitrogens with one attached hydrogen (secondary N) is 1. The third kappa shape index (κ3) is 3.23. The fourth-order valence-electron chi connectivity index (χ4n) is 2.90. The van der Waals surface area contributed by atoms with Crippen LogP contribution in [0.1, 0.15) is 53.9 Å². The second-order valence-electron chi connectivity index (χ2n) is 6.93. The largest absolute Gasteiger partial charge is 0.481 e. The smallest absolute Gasteiger partial charge is 0.407 e. The first-order valence-corrected chi connectivity index (χ1v) is 6.85. The number of aliphatic hydroxyl groups is 1. The standard InChI is InChI=1S/C14H25NO5/c1-12(2,3)20-11(18)15-9-7-6-8-14(9,10(16)17)13(4,5)19/h9,19H,6-8H2,1-5H3,(H,15,18)(H,16,17). The van der Waals surface area contributed by atoms with Gasteiger partial charge in [-0.15, -0.1) is 0 Å². The second kappa shape index (κ2) is 5.24. The number of carbonyl (C=O) groups excluding carboxylic acids is 1. The fourth-order valence-corrected chi connectivity index (χ4v) is 2.90. The van der Waals surface area contributed by atoms with Crippen LogP contribution >= 0.6 is 0 Å². The number of hydrogen-bond acceptors (Lipinski definition) is 4. The van der Waals surface area contributed by atoms with Crippen LogP contribution in [0.15, 0.2) is 0 Å². The van der Waals surface area contributed by atoms with E-state index in [2.05, 4.69) is 5.32 Å². The van der Waals surface area contributed by atoms with Crippen molar-refractivity contribution >= 4 is 12.1 Å². The molecule has 20 heavy (non-hydrogen) atoms. The van der Waals surface area contributed by atoms with Crippen molar-refractivity contribution in [2.24, 2.45) is 5.41 Å². The molecule has 0 radical (unpaired) electrons. The number of carboxylic acid groups (broad SMARTS) is 1. The molecule has 1 aliphatic carbocycles. The first-order valence-electron chi connectivity index (χ1n) is 6.85. The maximum atomic E-state index is 11.8. The lowest BCUT2D eigenvalue weighted by Gasteiger charge is -2.41. The van der Waals surface area contributed by atoms with Gasteiger partial charge in [-0.05, 0) is 47.5 Å².